The lowest BCUT2D eigenvalue weighted by Crippen LogP contribution is -2.51. The van der Waals surface area contributed by atoms with E-state index in [4.69, 9.17) is 51.1 Å². The Bertz CT molecular complexity index is 5820. The second-order valence-corrected chi connectivity index (χ2v) is 36.1. The number of nitrogens with one attached hydrogen (secondary N) is 6. The lowest BCUT2D eigenvalue weighted by molar-refractivity contribution is -0.149. The molecule has 22 rings (SSSR count). The zero-order valence-corrected chi connectivity index (χ0v) is 71.6. The molecule has 2 amide bonds. The minimum atomic E-state index is -0.841. The molecule has 4 bridgehead atoms. The van der Waals surface area contributed by atoms with Crippen molar-refractivity contribution in [3.05, 3.63) is 129 Å². The zero-order valence-electron chi connectivity index (χ0n) is 68.6. The number of methoxy groups -OCH3 is 1. The van der Waals surface area contributed by atoms with Gasteiger partial charge >= 0.3 is 11.9 Å². The van der Waals surface area contributed by atoms with Gasteiger partial charge in [-0.3, -0.25) is 39.6 Å². The fraction of sp³-hybridized carbons (Fsp3) is 0.488. The second kappa shape index (κ2) is 38.3. The molecule has 8 saturated carbocycles. The van der Waals surface area contributed by atoms with Gasteiger partial charge in [-0.05, 0) is 181 Å². The van der Waals surface area contributed by atoms with Crippen molar-refractivity contribution >= 4 is 126 Å². The third-order valence-electron chi connectivity index (χ3n) is 26.5. The van der Waals surface area contributed by atoms with Crippen LogP contribution >= 0.6 is 46.4 Å². The van der Waals surface area contributed by atoms with Crippen molar-refractivity contribution in [1.29, 1.82) is 0 Å². The highest BCUT2D eigenvalue weighted by Gasteiger charge is 2.50. The third kappa shape index (κ3) is 19.2. The first kappa shape index (κ1) is 87.2. The van der Waals surface area contributed by atoms with Gasteiger partial charge in [0.15, 0.2) is 80.8 Å². The van der Waals surface area contributed by atoms with Crippen LogP contribution in [0.3, 0.4) is 0 Å². The highest BCUT2D eigenvalue weighted by Crippen LogP contribution is 2.49. The number of H-pyrrole nitrogens is 4. The van der Waals surface area contributed by atoms with Gasteiger partial charge in [0.2, 0.25) is 11.8 Å². The number of hydrogen-bond acceptors (Lipinski definition) is 24. The monoisotopic (exact) mass is 1800 g/mol. The molecule has 0 aromatic carbocycles. The number of pyridine rings is 4. The Morgan fingerprint density at radius 1 is 0.444 bits per heavy atom. The molecule has 10 atom stereocenters. The Balaban J connectivity index is 0.000000119. The van der Waals surface area contributed by atoms with Gasteiger partial charge in [-0.25, -0.2) is 77.4 Å². The van der Waals surface area contributed by atoms with Crippen LogP contribution < -0.4 is 10.6 Å². The Kier molecular flexibility index (Phi) is 26.5. The maximum absolute atomic E-state index is 14.7. The molecule has 2 saturated heterocycles. The van der Waals surface area contributed by atoms with Crippen molar-refractivity contribution in [2.75, 3.05) is 44.0 Å². The molecule has 126 heavy (non-hydrogen) atoms. The van der Waals surface area contributed by atoms with Gasteiger partial charge in [-0.2, -0.15) is 20.4 Å². The molecule has 660 valence electrons. The zero-order chi connectivity index (χ0) is 87.6. The standard InChI is InChI=1S/2C24H28ClFN6O2.2C19H18ClFN6O2/c1-34-17-5-6-32(13-17)21(33)9-15-4-2-3-14(7-15)8-20-19(26)12-28-24(29-20)22-18-10-16(25)11-27-23(18)31-30-22;25-16-10-18-22(30-31-23(18)27-11-16)24-28-12-19(26)20(29-24)8-14-3-1-4-15(7-14)9-21(34)32-6-2-5-17(32)13-33;2*20-10-5-11-15(26-27-16(11)22-6-10)18-23-7-12(21)17(25-18)24-14-9-3-1-8(2-4-9)13(14)19(28)29/h10-12,14-15,17H,2-9,13H2,1H3,(H,27,30,31);10-12,14-15,17,33H,1-9,13H2,(H,27,30,31);2*5-9,13-14H,1-4H2,(H,28,29)(H,22,26,27)(H,23,24,25)/t14-,15+,17?;14-,15+,17-;;/m00../s1. The van der Waals surface area contributed by atoms with Gasteiger partial charge in [0.05, 0.1) is 108 Å². The first-order chi connectivity index (χ1) is 61.0. The summed E-state index contributed by atoms with van der Waals surface area (Å²) in [6, 6.07) is 6.10. The van der Waals surface area contributed by atoms with E-state index in [1.54, 1.807) is 31.4 Å². The third-order valence-corrected chi connectivity index (χ3v) is 27.4. The largest absolute Gasteiger partial charge is 0.481 e. The molecule has 40 heteroatoms. The summed E-state index contributed by atoms with van der Waals surface area (Å²) in [5.41, 5.74) is 4.72. The van der Waals surface area contributed by atoms with Crippen LogP contribution in [0.25, 0.3) is 90.2 Å². The van der Waals surface area contributed by atoms with Gasteiger partial charge in [0.1, 0.15) is 22.8 Å². The number of halogens is 8. The van der Waals surface area contributed by atoms with E-state index in [9.17, 15) is 52.1 Å². The lowest BCUT2D eigenvalue weighted by atomic mass is 9.61. The van der Waals surface area contributed by atoms with Crippen molar-refractivity contribution < 1.29 is 56.8 Å². The van der Waals surface area contributed by atoms with Gasteiger partial charge in [0.25, 0.3) is 0 Å². The molecule has 12 aromatic heterocycles. The molecule has 0 radical (unpaired) electrons. The maximum atomic E-state index is 14.7. The number of fused-ring (bicyclic) bond motifs is 10. The predicted molar refractivity (Wildman–Crippen MR) is 459 cm³/mol. The number of carboxylic acids is 2. The average Bonchev–Trinajstić information content (AvgIpc) is 0.922. The van der Waals surface area contributed by atoms with Crippen molar-refractivity contribution in [2.24, 2.45) is 59.2 Å². The SMILES string of the molecule is COC1CCN(C(=O)C[C@@H]2CCC[C@H](Cc3nc(-c4[nH]nc5ncc(Cl)cc45)ncc3F)C2)C1.O=C(C[C@@H]1CCC[C@H](Cc2nc(-c3[nH]nc4ncc(Cl)cc34)ncc2F)C1)N1CCC[C@H]1CO.O=C(O)C1C2CCC(CC2)C1Nc1nc(-c2[nH]nc3ncc(Cl)cc23)ncc1F.O=C(O)C1C2CCC(CC2)C1Nc1nc(-c2[nH]nc3ncc(Cl)cc23)ncc1F. The van der Waals surface area contributed by atoms with E-state index in [-0.39, 0.29) is 107 Å². The number of hydrogen-bond donors (Lipinski definition) is 9. The highest BCUT2D eigenvalue weighted by molar-refractivity contribution is 6.32. The minimum absolute atomic E-state index is 0.00321. The summed E-state index contributed by atoms with van der Waals surface area (Å²) >= 11 is 24.2. The molecular weight excluding hydrogens is 1710 g/mol. The fourth-order valence-corrected chi connectivity index (χ4v) is 21.0. The molecule has 0 spiro atoms. The normalized spacial score (nSPS) is 24.4. The molecule has 32 nitrogen and oxygen atoms in total. The molecule has 10 aliphatic rings. The summed E-state index contributed by atoms with van der Waals surface area (Å²) in [7, 11) is 1.70. The van der Waals surface area contributed by atoms with Crippen molar-refractivity contribution in [3.63, 3.8) is 0 Å². The van der Waals surface area contributed by atoms with Gasteiger partial charge in [0, 0.05) is 76.5 Å². The van der Waals surface area contributed by atoms with Crippen LogP contribution in [0.4, 0.5) is 29.2 Å². The smallest absolute Gasteiger partial charge is 0.308 e. The topological polar surface area (TPSA) is 438 Å². The first-order valence-electron chi connectivity index (χ1n) is 42.8. The summed E-state index contributed by atoms with van der Waals surface area (Å²) < 4.78 is 63.8. The number of nitrogens with zero attached hydrogens (tertiary/aromatic N) is 18. The summed E-state index contributed by atoms with van der Waals surface area (Å²) in [4.78, 5) is 104. The Hall–Kier alpha value is -10.9. The van der Waals surface area contributed by atoms with E-state index >= 15 is 0 Å². The number of carboxylic acid groups (broad SMARTS) is 2. The summed E-state index contributed by atoms with van der Waals surface area (Å²) in [6.45, 7) is 2.22. The van der Waals surface area contributed by atoms with Crippen LogP contribution in [0.15, 0.2) is 73.8 Å². The fourth-order valence-electron chi connectivity index (χ4n) is 20.4. The lowest BCUT2D eigenvalue weighted by Gasteiger charge is -2.47. The summed E-state index contributed by atoms with van der Waals surface area (Å²) in [6.07, 6.45) is 30.8. The average molecular weight is 1810 g/mol. The van der Waals surface area contributed by atoms with E-state index in [0.29, 0.717) is 148 Å². The van der Waals surface area contributed by atoms with Crippen LogP contribution in [0.2, 0.25) is 20.1 Å². The van der Waals surface area contributed by atoms with Crippen LogP contribution in [0, 0.1) is 82.4 Å². The van der Waals surface area contributed by atoms with Gasteiger partial charge in [-0.15, -0.1) is 0 Å². The molecule has 14 heterocycles. The van der Waals surface area contributed by atoms with E-state index < -0.39 is 47.0 Å². The molecule has 9 N–H and O–H groups in total. The number of amides is 2. The summed E-state index contributed by atoms with van der Waals surface area (Å²) in [5, 5.41) is 67.6. The number of ether oxygens (including phenoxy) is 1. The van der Waals surface area contributed by atoms with E-state index in [1.165, 1.54) is 37.2 Å². The molecular formula is C86H92Cl4F4N24O8. The number of anilines is 2. The Morgan fingerprint density at radius 3 is 1.18 bits per heavy atom. The molecule has 5 unspecified atom stereocenters. The van der Waals surface area contributed by atoms with Gasteiger partial charge in [-0.1, -0.05) is 72.1 Å². The quantitative estimate of drug-likeness (QED) is 0.0320. The maximum Gasteiger partial charge on any atom is 0.308 e. The summed E-state index contributed by atoms with van der Waals surface area (Å²) in [5.74, 6) is -1.60. The number of aliphatic carboxylic acids is 2. The number of aromatic nitrogens is 20. The van der Waals surface area contributed by atoms with E-state index in [2.05, 4.69) is 111 Å². The van der Waals surface area contributed by atoms with Gasteiger partial charge < -0.3 is 40.5 Å². The van der Waals surface area contributed by atoms with Crippen molar-refractivity contribution in [1.82, 2.24) is 110 Å². The molecule has 12 aromatic rings. The van der Waals surface area contributed by atoms with Crippen LogP contribution in [-0.4, -0.2) is 207 Å². The number of rotatable bonds is 20. The number of aliphatic hydroxyl groups is 1. The highest BCUT2D eigenvalue weighted by atomic mass is 35.5. The second-order valence-electron chi connectivity index (χ2n) is 34.3. The number of likely N-dealkylation sites (tertiary alicyclic amines) is 2. The number of carbonyl (C=O) groups excluding carboxylic acids is 2. The van der Waals surface area contributed by atoms with E-state index in [0.717, 1.165) is 147 Å². The Labute approximate surface area is 738 Å². The molecule has 10 fully saturated rings. The molecule has 2 aliphatic heterocycles. The van der Waals surface area contributed by atoms with Crippen molar-refractivity contribution in [3.8, 4) is 46.1 Å². The Morgan fingerprint density at radius 2 is 0.810 bits per heavy atom. The van der Waals surface area contributed by atoms with Crippen LogP contribution in [0.5, 0.6) is 0 Å². The number of aromatic amines is 4. The first-order valence-corrected chi connectivity index (χ1v) is 44.3. The van der Waals surface area contributed by atoms with Crippen molar-refractivity contribution in [2.45, 2.75) is 172 Å². The van der Waals surface area contributed by atoms with E-state index in [1.807, 2.05) is 9.80 Å². The van der Waals surface area contributed by atoms with Crippen LogP contribution in [0.1, 0.15) is 146 Å². The predicted octanol–water partition coefficient (Wildman–Crippen LogP) is 15.1. The minimum Gasteiger partial charge on any atom is -0.481 e. The molecule has 8 aliphatic carbocycles. The number of carbonyl (C=O) groups is 4. The van der Waals surface area contributed by atoms with Crippen LogP contribution in [-0.2, 0) is 36.8 Å². The number of aliphatic hydroxyl groups excluding tert-OH is 1.